The molecular weight excluding hydrogens is 255 g/mol. The van der Waals surface area contributed by atoms with Crippen LogP contribution in [0, 0.1) is 5.82 Å². The molecule has 2 aromatic rings. The van der Waals surface area contributed by atoms with Crippen LogP contribution >= 0.6 is 0 Å². The average molecular weight is 272 g/mol. The van der Waals surface area contributed by atoms with Crippen LogP contribution in [0.25, 0.3) is 11.1 Å². The van der Waals surface area contributed by atoms with Gasteiger partial charge in [0.15, 0.2) is 0 Å². The topological polar surface area (TPSA) is 34.1 Å². The molecule has 1 N–H and O–H groups in total. The van der Waals surface area contributed by atoms with Crippen molar-refractivity contribution in [2.45, 2.75) is 25.4 Å². The zero-order chi connectivity index (χ0) is 13.9. The highest BCUT2D eigenvalue weighted by Gasteiger charge is 2.20. The largest absolute Gasteiger partial charge is 0.481 e. The Morgan fingerprint density at radius 2 is 2.15 bits per heavy atom. The molecule has 0 unspecified atom stereocenters. The third kappa shape index (κ3) is 2.96. The first-order chi connectivity index (χ1) is 9.76. The molecule has 1 aromatic heterocycles. The summed E-state index contributed by atoms with van der Waals surface area (Å²) in [4.78, 5) is 4.10. The van der Waals surface area contributed by atoms with Gasteiger partial charge < -0.3 is 10.1 Å². The summed E-state index contributed by atoms with van der Waals surface area (Å²) in [5.74, 6) is 0.357. The van der Waals surface area contributed by atoms with E-state index in [4.69, 9.17) is 4.74 Å². The van der Waals surface area contributed by atoms with Crippen molar-refractivity contribution in [3.05, 3.63) is 47.9 Å². The molecule has 3 nitrogen and oxygen atoms in total. The van der Waals surface area contributed by atoms with Gasteiger partial charge in [0.05, 0.1) is 7.11 Å². The van der Waals surface area contributed by atoms with Crippen molar-refractivity contribution >= 4 is 0 Å². The smallest absolute Gasteiger partial charge is 0.213 e. The Morgan fingerprint density at radius 3 is 2.90 bits per heavy atom. The number of halogens is 1. The van der Waals surface area contributed by atoms with Crippen molar-refractivity contribution in [1.82, 2.24) is 10.3 Å². The third-order valence-corrected chi connectivity index (χ3v) is 3.48. The second-order valence-electron chi connectivity index (χ2n) is 5.04. The molecule has 4 heteroatoms. The van der Waals surface area contributed by atoms with Crippen molar-refractivity contribution < 1.29 is 9.13 Å². The summed E-state index contributed by atoms with van der Waals surface area (Å²) >= 11 is 0. The van der Waals surface area contributed by atoms with Crippen LogP contribution in [0.2, 0.25) is 0 Å². The van der Waals surface area contributed by atoms with Crippen LogP contribution in [-0.4, -0.2) is 18.1 Å². The fourth-order valence-corrected chi connectivity index (χ4v) is 2.22. The lowest BCUT2D eigenvalue weighted by molar-refractivity contribution is 0.398. The summed E-state index contributed by atoms with van der Waals surface area (Å²) in [6.45, 7) is 0.683. The Balaban J connectivity index is 1.93. The zero-order valence-electron chi connectivity index (χ0n) is 11.4. The Labute approximate surface area is 117 Å². The van der Waals surface area contributed by atoms with E-state index in [1.54, 1.807) is 19.4 Å². The van der Waals surface area contributed by atoms with E-state index in [2.05, 4.69) is 10.3 Å². The molecule has 104 valence electrons. The van der Waals surface area contributed by atoms with Crippen molar-refractivity contribution in [2.24, 2.45) is 0 Å². The number of benzene rings is 1. The zero-order valence-corrected chi connectivity index (χ0v) is 11.4. The predicted octanol–water partition coefficient (Wildman–Crippen LogP) is 3.15. The molecule has 0 aliphatic heterocycles. The van der Waals surface area contributed by atoms with Crippen LogP contribution in [0.4, 0.5) is 4.39 Å². The van der Waals surface area contributed by atoms with Gasteiger partial charge in [0, 0.05) is 24.8 Å². The maximum Gasteiger partial charge on any atom is 0.213 e. The highest BCUT2D eigenvalue weighted by Crippen LogP contribution is 2.27. The molecule has 1 heterocycles. The number of nitrogens with one attached hydrogen (secondary N) is 1. The van der Waals surface area contributed by atoms with Gasteiger partial charge in [-0.1, -0.05) is 6.07 Å². The molecule has 0 spiro atoms. The van der Waals surface area contributed by atoms with E-state index in [0.29, 0.717) is 18.5 Å². The Bertz CT molecular complexity index is 611. The lowest BCUT2D eigenvalue weighted by Crippen LogP contribution is -2.16. The highest BCUT2D eigenvalue weighted by atomic mass is 19.1. The number of ether oxygens (including phenoxy) is 1. The standard InChI is InChI=1S/C16H17FN2O/c1-20-16-9-11(6-7-18-16)15-5-2-13(17)8-12(15)10-19-14-3-4-14/h2,5-9,14,19H,3-4,10H2,1H3. The molecule has 1 fully saturated rings. The first-order valence-electron chi connectivity index (χ1n) is 6.78. The van der Waals surface area contributed by atoms with Gasteiger partial charge >= 0.3 is 0 Å². The Morgan fingerprint density at radius 1 is 1.30 bits per heavy atom. The van der Waals surface area contributed by atoms with E-state index in [9.17, 15) is 4.39 Å². The normalized spacial score (nSPS) is 14.3. The maximum atomic E-state index is 13.5. The monoisotopic (exact) mass is 272 g/mol. The van der Waals surface area contributed by atoms with Gasteiger partial charge in [0.2, 0.25) is 5.88 Å². The van der Waals surface area contributed by atoms with Gasteiger partial charge in [-0.15, -0.1) is 0 Å². The van der Waals surface area contributed by atoms with E-state index >= 15 is 0 Å². The predicted molar refractivity (Wildman–Crippen MR) is 76.0 cm³/mol. The van der Waals surface area contributed by atoms with Crippen molar-refractivity contribution in [2.75, 3.05) is 7.11 Å². The molecule has 0 saturated heterocycles. The van der Waals surface area contributed by atoms with Crippen LogP contribution < -0.4 is 10.1 Å². The molecule has 1 aromatic carbocycles. The lowest BCUT2D eigenvalue weighted by atomic mass is 10.0. The molecule has 0 bridgehead atoms. The number of aromatic nitrogens is 1. The van der Waals surface area contributed by atoms with Crippen LogP contribution in [0.3, 0.4) is 0 Å². The van der Waals surface area contributed by atoms with Crippen molar-refractivity contribution in [1.29, 1.82) is 0 Å². The minimum Gasteiger partial charge on any atom is -0.481 e. The molecule has 0 radical (unpaired) electrons. The quantitative estimate of drug-likeness (QED) is 0.908. The first kappa shape index (κ1) is 13.1. The molecule has 1 saturated carbocycles. The Kier molecular flexibility index (Phi) is 3.65. The second kappa shape index (κ2) is 5.59. The summed E-state index contributed by atoms with van der Waals surface area (Å²) in [5, 5.41) is 3.43. The van der Waals surface area contributed by atoms with Gasteiger partial charge in [-0.05, 0) is 47.7 Å². The number of hydrogen-bond acceptors (Lipinski definition) is 3. The number of rotatable bonds is 5. The lowest BCUT2D eigenvalue weighted by Gasteiger charge is -2.11. The molecular formula is C16H17FN2O. The fraction of sp³-hybridized carbons (Fsp3) is 0.312. The minimum absolute atomic E-state index is 0.206. The SMILES string of the molecule is COc1cc(-c2ccc(F)cc2CNC2CC2)ccn1. The highest BCUT2D eigenvalue weighted by molar-refractivity contribution is 5.68. The van der Waals surface area contributed by atoms with Gasteiger partial charge in [-0.2, -0.15) is 0 Å². The second-order valence-corrected chi connectivity index (χ2v) is 5.04. The van der Waals surface area contributed by atoms with E-state index in [0.717, 1.165) is 16.7 Å². The number of methoxy groups -OCH3 is 1. The molecule has 1 aliphatic carbocycles. The molecule has 0 atom stereocenters. The molecule has 0 amide bonds. The molecule has 1 aliphatic rings. The van der Waals surface area contributed by atoms with E-state index < -0.39 is 0 Å². The third-order valence-electron chi connectivity index (χ3n) is 3.48. The summed E-state index contributed by atoms with van der Waals surface area (Å²) in [5.41, 5.74) is 2.97. The first-order valence-corrected chi connectivity index (χ1v) is 6.78. The van der Waals surface area contributed by atoms with Crippen LogP contribution in [-0.2, 0) is 6.54 Å². The molecule has 20 heavy (non-hydrogen) atoms. The van der Waals surface area contributed by atoms with Gasteiger partial charge in [0.1, 0.15) is 5.82 Å². The van der Waals surface area contributed by atoms with Crippen molar-refractivity contribution in [3.63, 3.8) is 0 Å². The average Bonchev–Trinajstić information content (AvgIpc) is 3.29. The van der Waals surface area contributed by atoms with E-state index in [-0.39, 0.29) is 5.82 Å². The Hall–Kier alpha value is -1.94. The van der Waals surface area contributed by atoms with Crippen LogP contribution in [0.5, 0.6) is 5.88 Å². The minimum atomic E-state index is -0.206. The maximum absolute atomic E-state index is 13.5. The number of pyridine rings is 1. The fourth-order valence-electron chi connectivity index (χ4n) is 2.22. The summed E-state index contributed by atoms with van der Waals surface area (Å²) < 4.78 is 18.6. The summed E-state index contributed by atoms with van der Waals surface area (Å²) in [6.07, 6.45) is 4.14. The van der Waals surface area contributed by atoms with Gasteiger partial charge in [-0.3, -0.25) is 0 Å². The number of nitrogens with zero attached hydrogens (tertiary/aromatic N) is 1. The summed E-state index contributed by atoms with van der Waals surface area (Å²) in [7, 11) is 1.59. The van der Waals surface area contributed by atoms with E-state index in [1.165, 1.54) is 18.9 Å². The van der Waals surface area contributed by atoms with Crippen LogP contribution in [0.15, 0.2) is 36.5 Å². The summed E-state index contributed by atoms with van der Waals surface area (Å²) in [6, 6.07) is 9.27. The van der Waals surface area contributed by atoms with Crippen molar-refractivity contribution in [3.8, 4) is 17.0 Å². The van der Waals surface area contributed by atoms with E-state index in [1.807, 2.05) is 18.2 Å². The van der Waals surface area contributed by atoms with Gasteiger partial charge in [0.25, 0.3) is 0 Å². The molecule has 3 rings (SSSR count). The number of hydrogen-bond donors (Lipinski definition) is 1. The van der Waals surface area contributed by atoms with Crippen LogP contribution in [0.1, 0.15) is 18.4 Å². The van der Waals surface area contributed by atoms with Gasteiger partial charge in [-0.25, -0.2) is 9.37 Å².